The predicted molar refractivity (Wildman–Crippen MR) is 324 cm³/mol. The molecule has 14 rings (SSSR count). The second kappa shape index (κ2) is 19.9. The van der Waals surface area contributed by atoms with Gasteiger partial charge in [0.25, 0.3) is 0 Å². The first-order chi connectivity index (χ1) is 39.1. The van der Waals surface area contributed by atoms with Gasteiger partial charge in [-0.05, 0) is 114 Å². The van der Waals surface area contributed by atoms with Crippen molar-refractivity contribution in [2.75, 3.05) is 0 Å². The van der Waals surface area contributed by atoms with Crippen molar-refractivity contribution in [1.82, 2.24) is 19.1 Å². The number of rotatable bonds is 8. The normalized spacial score (nSPS) is 12.1. The molecule has 4 heterocycles. The van der Waals surface area contributed by atoms with E-state index >= 15 is 0 Å². The Bertz CT molecular complexity index is 4900. The third-order valence-corrected chi connectivity index (χ3v) is 15.6. The van der Waals surface area contributed by atoms with Crippen molar-refractivity contribution in [1.29, 1.82) is 0 Å². The molecule has 14 aromatic rings. The molecule has 0 unspecified atom stereocenters. The van der Waals surface area contributed by atoms with Crippen molar-refractivity contribution in [3.05, 3.63) is 235 Å². The summed E-state index contributed by atoms with van der Waals surface area (Å²) >= 11 is 0. The predicted octanol–water partition coefficient (Wildman–Crippen LogP) is 20.2. The molecule has 0 spiro atoms. The monoisotopic (exact) mass is 1260 g/mol. The first kappa shape index (κ1) is 52.3. The van der Waals surface area contributed by atoms with Gasteiger partial charge in [-0.3, -0.25) is 4.98 Å². The fraction of sp³-hybridized carbons (Fsp3) is 0.111. The molecule has 0 aliphatic rings. The molecule has 0 bridgehead atoms. The van der Waals surface area contributed by atoms with Gasteiger partial charge in [0.2, 0.25) is 0 Å². The van der Waals surface area contributed by atoms with Gasteiger partial charge in [-0.15, -0.1) is 17.5 Å². The number of para-hydroxylation sites is 3. The number of halogens is 3. The molecule has 0 N–H and O–H groups in total. The molecule has 0 amide bonds. The number of hydrogen-bond donors (Lipinski definition) is 0. The number of ether oxygens (including phenoxy) is 1. The van der Waals surface area contributed by atoms with Gasteiger partial charge in [-0.25, -0.2) is 9.37 Å². The summed E-state index contributed by atoms with van der Waals surface area (Å²) in [7, 11) is 0. The van der Waals surface area contributed by atoms with Crippen LogP contribution in [0.5, 0.6) is 11.5 Å². The first-order valence-electron chi connectivity index (χ1n) is 27.0. The Kier molecular flexibility index (Phi) is 12.7. The molecule has 0 aliphatic carbocycles. The van der Waals surface area contributed by atoms with Gasteiger partial charge in [0.1, 0.15) is 11.4 Å². The molecule has 82 heavy (non-hydrogen) atoms. The Morgan fingerprint density at radius 2 is 1.17 bits per heavy atom. The number of furan rings is 1. The van der Waals surface area contributed by atoms with Gasteiger partial charge in [-0.2, -0.15) is 14.8 Å². The molecular formula is C72H51F3N4O2Pt. The first-order valence-corrected chi connectivity index (χ1v) is 27.0. The third kappa shape index (κ3) is 8.86. The Morgan fingerprint density at radius 1 is 0.512 bits per heavy atom. The van der Waals surface area contributed by atoms with E-state index in [0.29, 0.717) is 34.1 Å². The molecule has 0 aliphatic heterocycles. The maximum absolute atomic E-state index is 14.1. The van der Waals surface area contributed by atoms with E-state index in [1.54, 1.807) is 12.1 Å². The number of nitrogens with zero attached hydrogens (tertiary/aromatic N) is 4. The molecular weight excluding hydrogens is 1200 g/mol. The fourth-order valence-electron chi connectivity index (χ4n) is 11.6. The molecule has 402 valence electrons. The van der Waals surface area contributed by atoms with Crippen LogP contribution in [0.25, 0.3) is 127 Å². The number of benzene rings is 10. The fourth-order valence-corrected chi connectivity index (χ4v) is 11.6. The number of hydrogen-bond acceptors (Lipinski definition) is 4. The number of imidazole rings is 1. The maximum Gasteiger partial charge on any atom is 2.00 e. The van der Waals surface area contributed by atoms with Crippen LogP contribution in [0, 0.1) is 12.1 Å². The molecule has 0 radical (unpaired) electrons. The Balaban J connectivity index is 0.00000631. The summed E-state index contributed by atoms with van der Waals surface area (Å²) in [5, 5.41) is 7.67. The average molecular weight is 1260 g/mol. The van der Waals surface area contributed by atoms with E-state index < -0.39 is 11.9 Å². The summed E-state index contributed by atoms with van der Waals surface area (Å²) in [6.45, 7) is 13.4. The minimum Gasteiger partial charge on any atom is -0.503 e. The summed E-state index contributed by atoms with van der Waals surface area (Å²) < 4.78 is 58.9. The number of pyridine rings is 1. The summed E-state index contributed by atoms with van der Waals surface area (Å²) in [5.41, 5.74) is 12.1. The Hall–Kier alpha value is -9.04. The average Bonchev–Trinajstić information content (AvgIpc) is 4.38. The molecule has 6 nitrogen and oxygen atoms in total. The van der Waals surface area contributed by atoms with Crippen LogP contribution in [0.2, 0.25) is 0 Å². The van der Waals surface area contributed by atoms with E-state index in [-0.39, 0.29) is 37.5 Å². The van der Waals surface area contributed by atoms with E-state index in [4.69, 9.17) is 19.1 Å². The van der Waals surface area contributed by atoms with Crippen LogP contribution in [0.4, 0.5) is 13.2 Å². The van der Waals surface area contributed by atoms with E-state index in [1.807, 2.05) is 48.7 Å². The quantitative estimate of drug-likeness (QED) is 0.112. The van der Waals surface area contributed by atoms with Gasteiger partial charge in [-0.1, -0.05) is 198 Å². The van der Waals surface area contributed by atoms with E-state index in [9.17, 15) is 13.2 Å². The summed E-state index contributed by atoms with van der Waals surface area (Å²) in [5.74, 6) is 0.859. The second-order valence-electron chi connectivity index (χ2n) is 22.8. The third-order valence-electron chi connectivity index (χ3n) is 15.6. The van der Waals surface area contributed by atoms with Crippen LogP contribution in [-0.2, 0) is 31.9 Å². The SMILES string of the molecule is CC(C)(C)c1ccnc(-n2c3[c-]c(Oc4[c-]c(-c5nc6ccccc6n5-c5ccc(-c6ccccc6)cc5C(C)(C)C)c5oc6c(ccc7c8ccc(-c9ccc(C(F)=C(F)F)cc9)cc8ccc76)c5c4)ccc3c3ccccc32)c1.[Pt+2]. The largest absolute Gasteiger partial charge is 2.00 e. The van der Waals surface area contributed by atoms with E-state index in [0.717, 1.165) is 104 Å². The number of aromatic nitrogens is 4. The van der Waals surface area contributed by atoms with Gasteiger partial charge in [0, 0.05) is 45.2 Å². The molecule has 0 saturated carbocycles. The summed E-state index contributed by atoms with van der Waals surface area (Å²) in [4.78, 5) is 10.4. The Labute approximate surface area is 486 Å². The second-order valence-corrected chi connectivity index (χ2v) is 22.8. The number of fused-ring (bicyclic) bond motifs is 11. The zero-order chi connectivity index (χ0) is 55.5. The summed E-state index contributed by atoms with van der Waals surface area (Å²) in [6, 6.07) is 72.0. The molecule has 0 saturated heterocycles. The zero-order valence-electron chi connectivity index (χ0n) is 45.6. The van der Waals surface area contributed by atoms with Crippen LogP contribution in [-0.4, -0.2) is 19.1 Å². The van der Waals surface area contributed by atoms with Crippen molar-refractivity contribution < 1.29 is 43.4 Å². The van der Waals surface area contributed by atoms with Crippen molar-refractivity contribution in [3.63, 3.8) is 0 Å². The van der Waals surface area contributed by atoms with Crippen molar-refractivity contribution >= 4 is 82.1 Å². The van der Waals surface area contributed by atoms with Gasteiger partial charge >= 0.3 is 27.1 Å². The van der Waals surface area contributed by atoms with Crippen molar-refractivity contribution in [2.45, 2.75) is 52.4 Å². The summed E-state index contributed by atoms with van der Waals surface area (Å²) in [6.07, 6.45) is -0.464. The molecule has 10 aromatic carbocycles. The molecule has 10 heteroatoms. The van der Waals surface area contributed by atoms with E-state index in [2.05, 4.69) is 190 Å². The van der Waals surface area contributed by atoms with Crippen molar-refractivity contribution in [3.8, 4) is 56.6 Å². The van der Waals surface area contributed by atoms with Crippen LogP contribution in [0.3, 0.4) is 0 Å². The molecule has 0 atom stereocenters. The van der Waals surface area contributed by atoms with Crippen LogP contribution >= 0.6 is 0 Å². The topological polar surface area (TPSA) is 58.0 Å². The minimum absolute atomic E-state index is 0. The zero-order valence-corrected chi connectivity index (χ0v) is 47.9. The maximum atomic E-state index is 14.1. The van der Waals surface area contributed by atoms with Crippen LogP contribution < -0.4 is 4.74 Å². The van der Waals surface area contributed by atoms with Gasteiger partial charge in [0.15, 0.2) is 5.83 Å². The Morgan fingerprint density at radius 3 is 1.95 bits per heavy atom. The van der Waals surface area contributed by atoms with Crippen LogP contribution in [0.15, 0.2) is 211 Å². The van der Waals surface area contributed by atoms with E-state index in [1.165, 1.54) is 17.7 Å². The minimum atomic E-state index is -2.34. The van der Waals surface area contributed by atoms with Gasteiger partial charge < -0.3 is 18.3 Å². The van der Waals surface area contributed by atoms with Gasteiger partial charge in [0.05, 0.1) is 22.4 Å². The van der Waals surface area contributed by atoms with Crippen molar-refractivity contribution in [2.24, 2.45) is 0 Å². The molecule has 4 aromatic heterocycles. The smallest absolute Gasteiger partial charge is 0.503 e. The van der Waals surface area contributed by atoms with Crippen LogP contribution in [0.1, 0.15) is 58.2 Å². The molecule has 0 fully saturated rings. The standard InChI is InChI=1S/C72H51F3N4O2.Pt/c1-71(2,3)48-34-35-76-65(38-48)78-61-18-12-10-16-53(61)54-30-27-49(41-64(54)78)80-50-39-57-56-32-31-52-51-28-24-45(43-20-22-44(23-21-43)66(73)69(74)75)36-47(51)25-29-55(52)67(56)81-68(57)58(40-50)70-77-60-17-11-13-19-63(60)79(70)62-33-26-46(37-59(62)72(4,5)6)42-14-8-7-9-15-42;/h7-39H,1-6H3;/q-2;+2.